The number of nitriles is 2. The fourth-order valence-corrected chi connectivity index (χ4v) is 5.94. The second kappa shape index (κ2) is 11.6. The first-order valence-electron chi connectivity index (χ1n) is 14.6. The molecule has 3 aliphatic rings. The number of aliphatic hydroxyl groups excluding tert-OH is 1. The Labute approximate surface area is 269 Å². The Morgan fingerprint density at radius 2 is 1.43 bits per heavy atom. The molecule has 9 heteroatoms. The van der Waals surface area contributed by atoms with Gasteiger partial charge in [-0.2, -0.15) is 10.5 Å². The molecule has 47 heavy (non-hydrogen) atoms. The number of carbonyl (C=O) groups excluding carboxylic acids is 3. The first-order chi connectivity index (χ1) is 22.9. The maximum atomic E-state index is 13.7. The van der Waals surface area contributed by atoms with Crippen molar-refractivity contribution in [3.05, 3.63) is 142 Å². The molecule has 0 aromatic heterocycles. The largest absolute Gasteiger partial charge is 0.457 e. The Hall–Kier alpha value is -6.73. The third-order valence-electron chi connectivity index (χ3n) is 8.20. The van der Waals surface area contributed by atoms with Crippen LogP contribution in [0.25, 0.3) is 0 Å². The maximum absolute atomic E-state index is 13.7. The smallest absolute Gasteiger partial charge is 0.261 e. The van der Waals surface area contributed by atoms with Crippen molar-refractivity contribution in [2.75, 3.05) is 9.80 Å². The molecule has 9 nitrogen and oxygen atoms in total. The molecule has 0 spiro atoms. The molecule has 1 aliphatic carbocycles. The summed E-state index contributed by atoms with van der Waals surface area (Å²) in [6, 6.07) is 31.2. The zero-order chi connectivity index (χ0) is 32.7. The van der Waals surface area contributed by atoms with Crippen molar-refractivity contribution in [1.82, 2.24) is 0 Å². The fraction of sp³-hybridized carbons (Fsp3) is 0.0789. The lowest BCUT2D eigenvalue weighted by atomic mass is 9.85. The maximum Gasteiger partial charge on any atom is 0.261 e. The van der Waals surface area contributed by atoms with Crippen molar-refractivity contribution >= 4 is 29.1 Å². The number of ether oxygens (including phenoxy) is 1. The number of carbonyl (C=O) groups is 3. The lowest BCUT2D eigenvalue weighted by Gasteiger charge is -2.22. The van der Waals surface area contributed by atoms with Crippen LogP contribution in [0.5, 0.6) is 11.5 Å². The summed E-state index contributed by atoms with van der Waals surface area (Å²) < 4.78 is 5.87. The highest BCUT2D eigenvalue weighted by molar-refractivity contribution is 6.30. The van der Waals surface area contributed by atoms with E-state index in [1.807, 2.05) is 48.5 Å². The van der Waals surface area contributed by atoms with Crippen molar-refractivity contribution in [3.63, 3.8) is 0 Å². The zero-order valence-corrected chi connectivity index (χ0v) is 24.5. The average Bonchev–Trinajstić information content (AvgIpc) is 3.50. The molecule has 1 N–H and O–H groups in total. The van der Waals surface area contributed by atoms with E-state index in [-0.39, 0.29) is 40.0 Å². The summed E-state index contributed by atoms with van der Waals surface area (Å²) in [5.74, 6) is 4.41. The number of hydrogen-bond donors (Lipinski definition) is 1. The van der Waals surface area contributed by atoms with Gasteiger partial charge in [-0.1, -0.05) is 42.2 Å². The summed E-state index contributed by atoms with van der Waals surface area (Å²) in [7, 11) is 0. The Balaban J connectivity index is 1.12. The molecular weight excluding hydrogens is 592 g/mol. The van der Waals surface area contributed by atoms with Gasteiger partial charge >= 0.3 is 0 Å². The van der Waals surface area contributed by atoms with Gasteiger partial charge in [0.25, 0.3) is 11.8 Å². The van der Waals surface area contributed by atoms with Gasteiger partial charge in [-0.15, -0.1) is 0 Å². The predicted molar refractivity (Wildman–Crippen MR) is 170 cm³/mol. The van der Waals surface area contributed by atoms with Crippen LogP contribution in [0.15, 0.2) is 120 Å². The summed E-state index contributed by atoms with van der Waals surface area (Å²) in [4.78, 5) is 43.3. The lowest BCUT2D eigenvalue weighted by Crippen LogP contribution is -2.35. The van der Waals surface area contributed by atoms with Crippen LogP contribution in [0.4, 0.5) is 11.4 Å². The van der Waals surface area contributed by atoms with E-state index >= 15 is 0 Å². The van der Waals surface area contributed by atoms with Gasteiger partial charge in [0.15, 0.2) is 6.23 Å². The summed E-state index contributed by atoms with van der Waals surface area (Å²) in [5, 5.41) is 29.8. The molecule has 2 aliphatic heterocycles. The third-order valence-corrected chi connectivity index (χ3v) is 8.20. The Morgan fingerprint density at radius 3 is 2.21 bits per heavy atom. The number of aliphatic hydroxyl groups is 1. The minimum Gasteiger partial charge on any atom is -0.457 e. The molecule has 1 fully saturated rings. The minimum absolute atomic E-state index is 0.0273. The second-order valence-electron chi connectivity index (χ2n) is 11.0. The highest BCUT2D eigenvalue weighted by Crippen LogP contribution is 2.44. The van der Waals surface area contributed by atoms with Gasteiger partial charge in [-0.3, -0.25) is 19.3 Å². The molecule has 2 unspecified atom stereocenters. The van der Waals surface area contributed by atoms with Crippen LogP contribution in [0.3, 0.4) is 0 Å². The molecule has 4 aromatic carbocycles. The monoisotopic (exact) mass is 614 g/mol. The van der Waals surface area contributed by atoms with Crippen molar-refractivity contribution in [2.45, 2.75) is 12.6 Å². The van der Waals surface area contributed by atoms with Gasteiger partial charge < -0.3 is 9.84 Å². The molecule has 0 bridgehead atoms. The van der Waals surface area contributed by atoms with E-state index in [0.717, 1.165) is 10.5 Å². The number of hydrogen-bond acceptors (Lipinski definition) is 7. The van der Waals surface area contributed by atoms with E-state index in [4.69, 9.17) is 4.74 Å². The standard InChI is InChI=1S/C38H22N4O5/c39-21-25-14-15-30(17-26(25)22-40)47-29-11-5-10-28(18-29)42-37(45)33-19-31-32(20-34(33)38(42)46)36(44)41(35(31)43)27-9-4-8-24(16-27)13-12-23-6-2-1-3-7-23/h1-11,14-19,34-35,43H,20H2. The highest BCUT2D eigenvalue weighted by Gasteiger charge is 2.50. The van der Waals surface area contributed by atoms with Crippen molar-refractivity contribution in [2.24, 2.45) is 5.92 Å². The minimum atomic E-state index is -1.34. The molecule has 0 radical (unpaired) electrons. The first-order valence-corrected chi connectivity index (χ1v) is 14.6. The summed E-state index contributed by atoms with van der Waals surface area (Å²) in [6.45, 7) is 0. The van der Waals surface area contributed by atoms with Crippen LogP contribution in [0.1, 0.15) is 28.7 Å². The Kier molecular flexibility index (Phi) is 7.19. The van der Waals surface area contributed by atoms with Gasteiger partial charge in [-0.05, 0) is 73.2 Å². The number of anilines is 2. The third kappa shape index (κ3) is 5.11. The van der Waals surface area contributed by atoms with Gasteiger partial charge in [0.1, 0.15) is 23.6 Å². The average molecular weight is 615 g/mol. The van der Waals surface area contributed by atoms with Crippen LogP contribution in [-0.2, 0) is 14.4 Å². The number of benzene rings is 4. The molecule has 1 saturated heterocycles. The fourth-order valence-electron chi connectivity index (χ4n) is 5.94. The van der Waals surface area contributed by atoms with E-state index in [1.165, 1.54) is 29.2 Å². The van der Waals surface area contributed by atoms with Gasteiger partial charge in [0.2, 0.25) is 5.91 Å². The summed E-state index contributed by atoms with van der Waals surface area (Å²) in [5.41, 5.74) is 3.34. The normalized spacial score (nSPS) is 18.1. The molecule has 2 heterocycles. The topological polar surface area (TPSA) is 135 Å². The number of imide groups is 1. The molecule has 0 saturated carbocycles. The van der Waals surface area contributed by atoms with Crippen LogP contribution >= 0.6 is 0 Å². The molecule has 224 valence electrons. The lowest BCUT2D eigenvalue weighted by molar-refractivity contribution is -0.122. The SMILES string of the molecule is N#Cc1ccc(Oc2cccc(N3C(=O)C4=CC5=C(CC4C3=O)C(=O)N(c3cccc(C#Cc4ccccc4)c3)C5O)c2)cc1C#N. The number of fused-ring (bicyclic) bond motifs is 1. The second-order valence-corrected chi connectivity index (χ2v) is 11.0. The van der Waals surface area contributed by atoms with Crippen molar-refractivity contribution in [3.8, 4) is 35.5 Å². The van der Waals surface area contributed by atoms with E-state index in [2.05, 4.69) is 11.8 Å². The van der Waals surface area contributed by atoms with E-state index < -0.39 is 29.9 Å². The van der Waals surface area contributed by atoms with Crippen LogP contribution in [0, 0.1) is 40.4 Å². The van der Waals surface area contributed by atoms with Crippen LogP contribution in [-0.4, -0.2) is 29.1 Å². The van der Waals surface area contributed by atoms with E-state index in [1.54, 1.807) is 42.5 Å². The van der Waals surface area contributed by atoms with Crippen LogP contribution in [0.2, 0.25) is 0 Å². The molecule has 2 atom stereocenters. The molecular formula is C38H22N4O5. The molecule has 4 aromatic rings. The summed E-state index contributed by atoms with van der Waals surface area (Å²) >= 11 is 0. The molecule has 3 amide bonds. The number of amides is 3. The van der Waals surface area contributed by atoms with E-state index in [0.29, 0.717) is 22.7 Å². The van der Waals surface area contributed by atoms with Gasteiger partial charge in [-0.25, -0.2) is 4.90 Å². The summed E-state index contributed by atoms with van der Waals surface area (Å²) in [6.07, 6.45) is 0.0922. The van der Waals surface area contributed by atoms with Gasteiger partial charge in [0.05, 0.1) is 22.7 Å². The first kappa shape index (κ1) is 29.0. The number of rotatable bonds is 4. The zero-order valence-electron chi connectivity index (χ0n) is 24.5. The van der Waals surface area contributed by atoms with Crippen molar-refractivity contribution < 1.29 is 24.2 Å². The molecule has 7 rings (SSSR count). The predicted octanol–water partition coefficient (Wildman–Crippen LogP) is 5.10. The highest BCUT2D eigenvalue weighted by atomic mass is 16.5. The van der Waals surface area contributed by atoms with Gasteiger partial charge in [0, 0.05) is 39.6 Å². The Bertz CT molecular complexity index is 2230. The van der Waals surface area contributed by atoms with Crippen LogP contribution < -0.4 is 14.5 Å². The number of nitrogens with zero attached hydrogens (tertiary/aromatic N) is 4. The van der Waals surface area contributed by atoms with E-state index in [9.17, 15) is 30.0 Å². The van der Waals surface area contributed by atoms with Crippen molar-refractivity contribution in [1.29, 1.82) is 10.5 Å². The Morgan fingerprint density at radius 1 is 0.723 bits per heavy atom. The quantitative estimate of drug-likeness (QED) is 0.250.